The van der Waals surface area contributed by atoms with E-state index in [0.717, 1.165) is 5.56 Å². The molecule has 1 aliphatic rings. The number of hydrogen-bond donors (Lipinski definition) is 2. The number of hydrogen-bond acceptors (Lipinski definition) is 2. The molecule has 1 atom stereocenters. The standard InChI is InChI=1S/C10H10FNO2.ClH/c1-5-6-2-3-7(10(13)14)9(11)8(6)4-12-5;/h2-3,5,12H,4H2,1H3,(H,13,14);1H. The normalized spacial score (nSPS) is 18.1. The van der Waals surface area contributed by atoms with Crippen molar-refractivity contribution in [2.75, 3.05) is 0 Å². The second-order valence-corrected chi connectivity index (χ2v) is 3.40. The zero-order valence-corrected chi connectivity index (χ0v) is 8.90. The van der Waals surface area contributed by atoms with Gasteiger partial charge in [-0.3, -0.25) is 0 Å². The zero-order chi connectivity index (χ0) is 10.3. The molecule has 1 aromatic carbocycles. The Labute approximate surface area is 92.7 Å². The molecule has 82 valence electrons. The number of fused-ring (bicyclic) bond motifs is 1. The van der Waals surface area contributed by atoms with Crippen molar-refractivity contribution in [3.8, 4) is 0 Å². The SMILES string of the molecule is CC1NCc2c1ccc(C(=O)O)c2F.Cl. The molecule has 1 heterocycles. The van der Waals surface area contributed by atoms with Crippen LogP contribution in [-0.2, 0) is 6.54 Å². The van der Waals surface area contributed by atoms with Crippen LogP contribution in [0.1, 0.15) is 34.5 Å². The van der Waals surface area contributed by atoms with E-state index in [9.17, 15) is 9.18 Å². The second-order valence-electron chi connectivity index (χ2n) is 3.40. The molecule has 1 aliphatic heterocycles. The highest BCUT2D eigenvalue weighted by atomic mass is 35.5. The van der Waals surface area contributed by atoms with Gasteiger partial charge in [-0.25, -0.2) is 9.18 Å². The van der Waals surface area contributed by atoms with E-state index in [1.807, 2.05) is 6.92 Å². The predicted molar refractivity (Wildman–Crippen MR) is 55.9 cm³/mol. The van der Waals surface area contributed by atoms with E-state index in [2.05, 4.69) is 5.32 Å². The summed E-state index contributed by atoms with van der Waals surface area (Å²) in [6, 6.07) is 3.09. The van der Waals surface area contributed by atoms with Gasteiger partial charge in [-0.05, 0) is 18.6 Å². The van der Waals surface area contributed by atoms with Crippen LogP contribution in [0.15, 0.2) is 12.1 Å². The summed E-state index contributed by atoms with van der Waals surface area (Å²) in [5, 5.41) is 11.8. The maximum atomic E-state index is 13.6. The summed E-state index contributed by atoms with van der Waals surface area (Å²) in [6.07, 6.45) is 0. The van der Waals surface area contributed by atoms with Crippen molar-refractivity contribution in [2.45, 2.75) is 19.5 Å². The van der Waals surface area contributed by atoms with Crippen LogP contribution >= 0.6 is 12.4 Å². The summed E-state index contributed by atoms with van der Waals surface area (Å²) in [5.41, 5.74) is 1.09. The Hall–Kier alpha value is -1.13. The lowest BCUT2D eigenvalue weighted by Crippen LogP contribution is -2.07. The number of halogens is 2. The van der Waals surface area contributed by atoms with E-state index >= 15 is 0 Å². The summed E-state index contributed by atoms with van der Waals surface area (Å²) in [7, 11) is 0. The molecule has 0 aromatic heterocycles. The first-order valence-corrected chi connectivity index (χ1v) is 4.39. The van der Waals surface area contributed by atoms with E-state index in [0.29, 0.717) is 12.1 Å². The van der Waals surface area contributed by atoms with Crippen molar-refractivity contribution in [1.29, 1.82) is 0 Å². The Morgan fingerprint density at radius 1 is 1.60 bits per heavy atom. The average molecular weight is 232 g/mol. The van der Waals surface area contributed by atoms with Crippen molar-refractivity contribution in [2.24, 2.45) is 0 Å². The Balaban J connectivity index is 0.00000112. The lowest BCUT2D eigenvalue weighted by molar-refractivity contribution is 0.0691. The average Bonchev–Trinajstić information content (AvgIpc) is 2.49. The first-order chi connectivity index (χ1) is 6.61. The number of aromatic carboxylic acids is 1. The number of carboxylic acid groups (broad SMARTS) is 1. The molecule has 2 rings (SSSR count). The predicted octanol–water partition coefficient (Wildman–Crippen LogP) is 2.11. The monoisotopic (exact) mass is 231 g/mol. The number of carbonyl (C=O) groups is 1. The molecule has 0 saturated carbocycles. The van der Waals surface area contributed by atoms with Gasteiger partial charge in [-0.2, -0.15) is 0 Å². The van der Waals surface area contributed by atoms with Crippen LogP contribution in [0.3, 0.4) is 0 Å². The maximum absolute atomic E-state index is 13.6. The largest absolute Gasteiger partial charge is 0.478 e. The zero-order valence-electron chi connectivity index (χ0n) is 8.08. The molecule has 0 radical (unpaired) electrons. The molecule has 3 nitrogen and oxygen atoms in total. The van der Waals surface area contributed by atoms with E-state index in [-0.39, 0.29) is 24.0 Å². The molecule has 0 amide bonds. The lowest BCUT2D eigenvalue weighted by Gasteiger charge is -2.05. The summed E-state index contributed by atoms with van der Waals surface area (Å²) in [4.78, 5) is 10.6. The molecule has 0 fully saturated rings. The van der Waals surface area contributed by atoms with E-state index < -0.39 is 11.8 Å². The van der Waals surface area contributed by atoms with Crippen LogP contribution < -0.4 is 5.32 Å². The molecule has 1 aromatic rings. The van der Waals surface area contributed by atoms with E-state index in [1.165, 1.54) is 6.07 Å². The molecule has 15 heavy (non-hydrogen) atoms. The number of rotatable bonds is 1. The molecule has 5 heteroatoms. The quantitative estimate of drug-likeness (QED) is 0.778. The van der Waals surface area contributed by atoms with Crippen molar-refractivity contribution in [1.82, 2.24) is 5.32 Å². The maximum Gasteiger partial charge on any atom is 0.338 e. The van der Waals surface area contributed by atoms with E-state index in [4.69, 9.17) is 5.11 Å². The molecular weight excluding hydrogens is 221 g/mol. The van der Waals surface area contributed by atoms with Crippen LogP contribution in [-0.4, -0.2) is 11.1 Å². The molecule has 0 bridgehead atoms. The van der Waals surface area contributed by atoms with Crippen molar-refractivity contribution in [3.05, 3.63) is 34.6 Å². The molecular formula is C10H11ClFNO2. The van der Waals surface area contributed by atoms with Crippen LogP contribution in [0.5, 0.6) is 0 Å². The summed E-state index contributed by atoms with van der Waals surface area (Å²) in [6.45, 7) is 2.33. The van der Waals surface area contributed by atoms with Gasteiger partial charge in [0.15, 0.2) is 0 Å². The topological polar surface area (TPSA) is 49.3 Å². The fourth-order valence-electron chi connectivity index (χ4n) is 1.75. The Morgan fingerprint density at radius 3 is 2.87 bits per heavy atom. The lowest BCUT2D eigenvalue weighted by atomic mass is 10.0. The van der Waals surface area contributed by atoms with Gasteiger partial charge in [-0.15, -0.1) is 12.4 Å². The van der Waals surface area contributed by atoms with Crippen LogP contribution in [0.25, 0.3) is 0 Å². The van der Waals surface area contributed by atoms with Crippen LogP contribution in [0.2, 0.25) is 0 Å². The minimum absolute atomic E-state index is 0. The number of nitrogens with one attached hydrogen (secondary N) is 1. The number of benzene rings is 1. The molecule has 0 saturated heterocycles. The highest BCUT2D eigenvalue weighted by Gasteiger charge is 2.24. The Morgan fingerprint density at radius 2 is 2.27 bits per heavy atom. The molecule has 1 unspecified atom stereocenters. The summed E-state index contributed by atoms with van der Waals surface area (Å²) in [5.74, 6) is -1.82. The van der Waals surface area contributed by atoms with E-state index in [1.54, 1.807) is 6.07 Å². The van der Waals surface area contributed by atoms with Crippen molar-refractivity contribution in [3.63, 3.8) is 0 Å². The van der Waals surface area contributed by atoms with Gasteiger partial charge in [0.1, 0.15) is 5.82 Å². The van der Waals surface area contributed by atoms with Crippen LogP contribution in [0, 0.1) is 5.82 Å². The van der Waals surface area contributed by atoms with Gasteiger partial charge in [0.05, 0.1) is 5.56 Å². The second kappa shape index (κ2) is 4.16. The highest BCUT2D eigenvalue weighted by Crippen LogP contribution is 2.28. The van der Waals surface area contributed by atoms with Crippen molar-refractivity contribution < 1.29 is 14.3 Å². The smallest absolute Gasteiger partial charge is 0.338 e. The third-order valence-electron chi connectivity index (χ3n) is 2.56. The van der Waals surface area contributed by atoms with Gasteiger partial charge in [0.25, 0.3) is 0 Å². The first kappa shape index (κ1) is 11.9. The minimum atomic E-state index is -1.22. The minimum Gasteiger partial charge on any atom is -0.478 e. The summed E-state index contributed by atoms with van der Waals surface area (Å²) >= 11 is 0. The highest BCUT2D eigenvalue weighted by molar-refractivity contribution is 5.88. The van der Waals surface area contributed by atoms with Gasteiger partial charge in [-0.1, -0.05) is 6.07 Å². The third-order valence-corrected chi connectivity index (χ3v) is 2.56. The Kier molecular flexibility index (Phi) is 3.31. The fraction of sp³-hybridized carbons (Fsp3) is 0.300. The first-order valence-electron chi connectivity index (χ1n) is 4.39. The number of carboxylic acids is 1. The van der Waals surface area contributed by atoms with Gasteiger partial charge >= 0.3 is 5.97 Å². The molecule has 2 N–H and O–H groups in total. The van der Waals surface area contributed by atoms with Gasteiger partial charge in [0, 0.05) is 18.2 Å². The van der Waals surface area contributed by atoms with Gasteiger partial charge in [0.2, 0.25) is 0 Å². The summed E-state index contributed by atoms with van der Waals surface area (Å²) < 4.78 is 13.6. The van der Waals surface area contributed by atoms with Gasteiger partial charge < -0.3 is 10.4 Å². The van der Waals surface area contributed by atoms with Crippen molar-refractivity contribution >= 4 is 18.4 Å². The molecule has 0 aliphatic carbocycles. The van der Waals surface area contributed by atoms with Crippen LogP contribution in [0.4, 0.5) is 4.39 Å². The third kappa shape index (κ3) is 1.82. The fourth-order valence-corrected chi connectivity index (χ4v) is 1.75. The molecule has 0 spiro atoms. The Bertz CT molecular complexity index is 409.